The summed E-state index contributed by atoms with van der Waals surface area (Å²) in [5.74, 6) is -0.0441. The van der Waals surface area contributed by atoms with E-state index in [1.807, 2.05) is 4.90 Å². The number of rotatable bonds is 5. The summed E-state index contributed by atoms with van der Waals surface area (Å²) in [4.78, 5) is 32.3. The van der Waals surface area contributed by atoms with Gasteiger partial charge in [-0.2, -0.15) is 10.2 Å². The minimum absolute atomic E-state index is 0.0431. The van der Waals surface area contributed by atoms with Crippen LogP contribution in [0, 0.1) is 0 Å². The fraction of sp³-hybridized carbons (Fsp3) is 0.476. The Labute approximate surface area is 193 Å². The molecule has 13 heteroatoms. The van der Waals surface area contributed by atoms with Gasteiger partial charge in [0.15, 0.2) is 5.65 Å². The smallest absolute Gasteiger partial charge is 0.407 e. The van der Waals surface area contributed by atoms with Crippen LogP contribution in [0.3, 0.4) is 0 Å². The summed E-state index contributed by atoms with van der Waals surface area (Å²) < 4.78 is 30.5. The number of aromatic nitrogens is 5. The molecule has 3 aromatic rings. The number of nitrogens with one attached hydrogen (secondary N) is 1. The van der Waals surface area contributed by atoms with E-state index in [1.165, 1.54) is 26.5 Å². The van der Waals surface area contributed by atoms with Crippen LogP contribution in [0.1, 0.15) is 46.9 Å². The minimum Gasteiger partial charge on any atom is -0.465 e. The molecule has 0 aliphatic carbocycles. The van der Waals surface area contributed by atoms with Crippen LogP contribution in [0.5, 0.6) is 0 Å². The number of hydrogen-bond acceptors (Lipinski definition) is 7. The first kappa shape index (κ1) is 22.2. The highest BCUT2D eigenvalue weighted by atomic mass is 19.3. The third-order valence-corrected chi connectivity index (χ3v) is 6.37. The molecule has 5 heterocycles. The Balaban J connectivity index is 1.45. The van der Waals surface area contributed by atoms with E-state index in [0.29, 0.717) is 32.0 Å². The zero-order valence-electron chi connectivity index (χ0n) is 18.3. The molecular weight excluding hydrogens is 450 g/mol. The third-order valence-electron chi connectivity index (χ3n) is 6.37. The predicted molar refractivity (Wildman–Crippen MR) is 117 cm³/mol. The molecule has 0 radical (unpaired) electrons. The molecule has 2 aliphatic heterocycles. The Hall–Kier alpha value is -3.61. The number of alkyl halides is 2. The first-order chi connectivity index (χ1) is 16.4. The molecule has 2 N–H and O–H groups in total. The highest BCUT2D eigenvalue weighted by Gasteiger charge is 2.29. The number of amides is 1. The van der Waals surface area contributed by atoms with E-state index in [4.69, 9.17) is 5.11 Å². The Kier molecular flexibility index (Phi) is 5.86. The largest absolute Gasteiger partial charge is 0.465 e. The van der Waals surface area contributed by atoms with Gasteiger partial charge in [0.1, 0.15) is 11.5 Å². The number of fused-ring (bicyclic) bond motifs is 1. The summed E-state index contributed by atoms with van der Waals surface area (Å²) in [5, 5.41) is 20.6. The van der Waals surface area contributed by atoms with E-state index in [0.717, 1.165) is 25.9 Å². The lowest BCUT2D eigenvalue weighted by atomic mass is 10.1. The van der Waals surface area contributed by atoms with Crippen LogP contribution in [-0.4, -0.2) is 85.5 Å². The monoisotopic (exact) mass is 474 g/mol. The Morgan fingerprint density at radius 3 is 2.53 bits per heavy atom. The molecule has 0 atom stereocenters. The molecule has 2 aliphatic rings. The van der Waals surface area contributed by atoms with E-state index in [2.05, 4.69) is 20.5 Å². The van der Waals surface area contributed by atoms with E-state index < -0.39 is 24.0 Å². The van der Waals surface area contributed by atoms with E-state index in [-0.39, 0.29) is 22.8 Å². The van der Waals surface area contributed by atoms with Crippen molar-refractivity contribution in [1.82, 2.24) is 34.6 Å². The second-order valence-corrected chi connectivity index (χ2v) is 8.39. The summed E-state index contributed by atoms with van der Waals surface area (Å²) in [7, 11) is 0. The lowest BCUT2D eigenvalue weighted by molar-refractivity contribution is 0.102. The molecule has 5 rings (SSSR count). The van der Waals surface area contributed by atoms with Gasteiger partial charge < -0.3 is 20.2 Å². The molecule has 180 valence electrons. The fourth-order valence-corrected chi connectivity index (χ4v) is 4.47. The van der Waals surface area contributed by atoms with Crippen LogP contribution in [0.4, 0.5) is 19.4 Å². The molecule has 3 aromatic heterocycles. The van der Waals surface area contributed by atoms with Crippen molar-refractivity contribution in [2.24, 2.45) is 0 Å². The maximum atomic E-state index is 13.8. The molecule has 2 saturated heterocycles. The molecule has 0 aromatic carbocycles. The van der Waals surface area contributed by atoms with Crippen molar-refractivity contribution in [3.8, 4) is 0 Å². The lowest BCUT2D eigenvalue weighted by Gasteiger charge is -2.33. The number of carbonyl (C=O) groups is 2. The molecule has 0 bridgehead atoms. The van der Waals surface area contributed by atoms with Gasteiger partial charge in [-0.15, -0.1) is 0 Å². The molecule has 0 unspecified atom stereocenters. The molecule has 1 amide bonds. The van der Waals surface area contributed by atoms with Gasteiger partial charge in [-0.3, -0.25) is 9.48 Å². The Bertz CT molecular complexity index is 1210. The molecule has 11 nitrogen and oxygen atoms in total. The summed E-state index contributed by atoms with van der Waals surface area (Å²) in [6, 6.07) is 1.68. The van der Waals surface area contributed by atoms with Gasteiger partial charge in [-0.05, 0) is 32.0 Å². The van der Waals surface area contributed by atoms with Crippen molar-refractivity contribution in [1.29, 1.82) is 0 Å². The van der Waals surface area contributed by atoms with Gasteiger partial charge in [0.05, 0.1) is 23.4 Å². The number of piperidine rings is 1. The molecule has 0 spiro atoms. The maximum Gasteiger partial charge on any atom is 0.407 e. The second kappa shape index (κ2) is 8.97. The van der Waals surface area contributed by atoms with Crippen molar-refractivity contribution in [3.63, 3.8) is 0 Å². The highest BCUT2D eigenvalue weighted by Crippen LogP contribution is 2.28. The quantitative estimate of drug-likeness (QED) is 0.538. The van der Waals surface area contributed by atoms with Gasteiger partial charge in [0, 0.05) is 38.6 Å². The third kappa shape index (κ3) is 4.06. The van der Waals surface area contributed by atoms with Crippen LogP contribution in [-0.2, 0) is 0 Å². The van der Waals surface area contributed by atoms with Crippen molar-refractivity contribution in [2.75, 3.05) is 44.2 Å². The number of ketones is 1. The van der Waals surface area contributed by atoms with Crippen molar-refractivity contribution < 1.29 is 23.5 Å². The van der Waals surface area contributed by atoms with E-state index in [1.54, 1.807) is 12.3 Å². The van der Waals surface area contributed by atoms with Crippen molar-refractivity contribution in [2.45, 2.75) is 25.3 Å². The highest BCUT2D eigenvalue weighted by molar-refractivity contribution is 6.13. The van der Waals surface area contributed by atoms with E-state index >= 15 is 0 Å². The first-order valence-corrected chi connectivity index (χ1v) is 11.1. The number of hydrogen-bond donors (Lipinski definition) is 2. The lowest BCUT2D eigenvalue weighted by Crippen LogP contribution is -2.48. The number of nitrogens with zero attached hydrogens (tertiary/aromatic N) is 7. The van der Waals surface area contributed by atoms with Gasteiger partial charge in [0.2, 0.25) is 5.78 Å². The van der Waals surface area contributed by atoms with Crippen LogP contribution in [0.2, 0.25) is 0 Å². The zero-order valence-corrected chi connectivity index (χ0v) is 18.3. The predicted octanol–water partition coefficient (Wildman–Crippen LogP) is 1.82. The number of carboxylic acid groups (broad SMARTS) is 1. The molecular formula is C21H24F2N8O3. The van der Waals surface area contributed by atoms with Crippen molar-refractivity contribution in [3.05, 3.63) is 41.5 Å². The number of piperazine rings is 1. The normalized spacial score (nSPS) is 17.6. The summed E-state index contributed by atoms with van der Waals surface area (Å²) in [6.45, 7) is 3.09. The summed E-state index contributed by atoms with van der Waals surface area (Å²) in [6.07, 6.45) is 2.02. The molecule has 2 fully saturated rings. The maximum absolute atomic E-state index is 13.8. The van der Waals surface area contributed by atoms with Crippen LogP contribution in [0.15, 0.2) is 24.7 Å². The second-order valence-electron chi connectivity index (χ2n) is 8.39. The van der Waals surface area contributed by atoms with Gasteiger partial charge >= 0.3 is 6.09 Å². The number of halogens is 2. The van der Waals surface area contributed by atoms with Gasteiger partial charge in [0.25, 0.3) is 6.43 Å². The average Bonchev–Trinajstić information content (AvgIpc) is 3.49. The minimum atomic E-state index is -2.89. The van der Waals surface area contributed by atoms with Gasteiger partial charge in [-0.25, -0.2) is 23.1 Å². The SMILES string of the molecule is O=C(c1cn(C2CCNCC2)nc1C(F)F)c1cnn2ccc(N3CCN(C(=O)O)CC3)nc12. The Morgan fingerprint density at radius 1 is 1.12 bits per heavy atom. The zero-order chi connectivity index (χ0) is 23.8. The molecule has 0 saturated carbocycles. The van der Waals surface area contributed by atoms with Crippen LogP contribution < -0.4 is 10.2 Å². The van der Waals surface area contributed by atoms with E-state index in [9.17, 15) is 18.4 Å². The van der Waals surface area contributed by atoms with Crippen molar-refractivity contribution >= 4 is 23.3 Å². The molecule has 34 heavy (non-hydrogen) atoms. The first-order valence-electron chi connectivity index (χ1n) is 11.1. The summed E-state index contributed by atoms with van der Waals surface area (Å²) in [5.41, 5.74) is -0.328. The van der Waals surface area contributed by atoms with Gasteiger partial charge in [-0.1, -0.05) is 0 Å². The fourth-order valence-electron chi connectivity index (χ4n) is 4.47. The Morgan fingerprint density at radius 2 is 1.85 bits per heavy atom. The topological polar surface area (TPSA) is 121 Å². The number of anilines is 1. The average molecular weight is 474 g/mol. The standard InChI is InChI=1S/C21H24F2N8O3/c22-19(23)17-15(12-31(27-17)13-1-4-24-5-2-13)18(32)14-11-25-30-6-3-16(26-20(14)30)28-7-9-29(10-8-28)21(33)34/h3,6,11-13,19,24H,1-2,4-5,7-10H2,(H,33,34). The number of carbonyl (C=O) groups excluding carboxylic acids is 1. The van der Waals surface area contributed by atoms with Crippen LogP contribution in [0.25, 0.3) is 5.65 Å². The van der Waals surface area contributed by atoms with Crippen LogP contribution >= 0.6 is 0 Å². The summed E-state index contributed by atoms with van der Waals surface area (Å²) >= 11 is 0.